The summed E-state index contributed by atoms with van der Waals surface area (Å²) in [4.78, 5) is 32.6. The Bertz CT molecular complexity index is 2040. The van der Waals surface area contributed by atoms with E-state index in [1.165, 1.54) is 15.9 Å². The number of carbonyl (C=O) groups excluding carboxylic acids is 1. The van der Waals surface area contributed by atoms with Gasteiger partial charge in [-0.15, -0.1) is 0 Å². The summed E-state index contributed by atoms with van der Waals surface area (Å²) in [6.45, 7) is 7.74. The second-order valence-electron chi connectivity index (χ2n) is 10.8. The van der Waals surface area contributed by atoms with Crippen molar-refractivity contribution in [3.8, 4) is 23.0 Å². The maximum atomic E-state index is 14.2. The molecule has 0 N–H and O–H groups in total. The van der Waals surface area contributed by atoms with Crippen LogP contribution in [0.15, 0.2) is 80.1 Å². The summed E-state index contributed by atoms with van der Waals surface area (Å²) in [5.41, 5.74) is 2.59. The van der Waals surface area contributed by atoms with Crippen LogP contribution in [0.3, 0.4) is 0 Å². The van der Waals surface area contributed by atoms with E-state index in [9.17, 15) is 9.59 Å². The van der Waals surface area contributed by atoms with Gasteiger partial charge in [0.25, 0.3) is 5.56 Å². The molecular weight excluding hydrogens is 708 g/mol. The first-order valence-electron chi connectivity index (χ1n) is 14.8. The van der Waals surface area contributed by atoms with E-state index in [0.29, 0.717) is 58.7 Å². The monoisotopic (exact) mass is 740 g/mol. The van der Waals surface area contributed by atoms with E-state index < -0.39 is 12.0 Å². The summed E-state index contributed by atoms with van der Waals surface area (Å²) in [6, 6.07) is 15.6. The fourth-order valence-corrected chi connectivity index (χ4v) is 7.00. The summed E-state index contributed by atoms with van der Waals surface area (Å²) in [5.74, 6) is 1.45. The van der Waals surface area contributed by atoms with Crippen LogP contribution >= 0.6 is 38.9 Å². The smallest absolute Gasteiger partial charge is 0.338 e. The van der Waals surface area contributed by atoms with Crippen LogP contribution in [0.1, 0.15) is 50.4 Å². The Kier molecular flexibility index (Phi) is 10.8. The lowest BCUT2D eigenvalue weighted by Crippen LogP contribution is -2.40. The Labute approximate surface area is 289 Å². The second-order valence-corrected chi connectivity index (χ2v) is 13.1. The third-order valence-corrected chi connectivity index (χ3v) is 9.20. The van der Waals surface area contributed by atoms with Crippen LogP contribution < -0.4 is 33.8 Å². The van der Waals surface area contributed by atoms with E-state index in [-0.39, 0.29) is 30.5 Å². The van der Waals surface area contributed by atoms with Crippen LogP contribution in [0.25, 0.3) is 6.08 Å². The van der Waals surface area contributed by atoms with Gasteiger partial charge in [-0.05, 0) is 91.2 Å². The van der Waals surface area contributed by atoms with Crippen LogP contribution in [-0.4, -0.2) is 37.5 Å². The number of halogens is 2. The molecule has 9 nitrogen and oxygen atoms in total. The van der Waals surface area contributed by atoms with E-state index in [4.69, 9.17) is 35.3 Å². The van der Waals surface area contributed by atoms with Gasteiger partial charge in [-0.25, -0.2) is 9.79 Å². The van der Waals surface area contributed by atoms with Crippen LogP contribution in [-0.2, 0) is 16.1 Å². The summed E-state index contributed by atoms with van der Waals surface area (Å²) in [7, 11) is 3.10. The number of aromatic nitrogens is 1. The number of ether oxygens (including phenoxy) is 5. The molecule has 1 aliphatic heterocycles. The van der Waals surface area contributed by atoms with Crippen molar-refractivity contribution in [1.82, 2.24) is 4.57 Å². The van der Waals surface area contributed by atoms with Gasteiger partial charge in [-0.1, -0.05) is 47.2 Å². The fourth-order valence-electron chi connectivity index (χ4n) is 5.19. The Morgan fingerprint density at radius 1 is 1.09 bits per heavy atom. The van der Waals surface area contributed by atoms with Crippen molar-refractivity contribution in [3.63, 3.8) is 0 Å². The average molecular weight is 742 g/mol. The maximum absolute atomic E-state index is 14.2. The molecule has 12 heteroatoms. The minimum atomic E-state index is -0.809. The van der Waals surface area contributed by atoms with Crippen molar-refractivity contribution in [3.05, 3.63) is 112 Å². The molecule has 0 aliphatic carbocycles. The molecule has 0 amide bonds. The quantitative estimate of drug-likeness (QED) is 0.160. The normalized spacial score (nSPS) is 14.5. The minimum absolute atomic E-state index is 0.0775. The number of allylic oxidation sites excluding steroid dienone is 1. The molecule has 0 saturated carbocycles. The zero-order valence-corrected chi connectivity index (χ0v) is 29.9. The predicted octanol–water partition coefficient (Wildman–Crippen LogP) is 6.60. The Morgan fingerprint density at radius 2 is 1.83 bits per heavy atom. The molecule has 0 radical (unpaired) electrons. The number of nitrogens with zero attached hydrogens (tertiary/aromatic N) is 2. The molecule has 1 atom stereocenters. The number of hydrogen-bond acceptors (Lipinski definition) is 9. The largest absolute Gasteiger partial charge is 0.493 e. The first kappa shape index (κ1) is 34.3. The lowest BCUT2D eigenvalue weighted by atomic mass is 9.95. The zero-order chi connectivity index (χ0) is 33.8. The van der Waals surface area contributed by atoms with E-state index in [0.717, 1.165) is 5.56 Å². The molecule has 0 spiro atoms. The Balaban J connectivity index is 1.60. The van der Waals surface area contributed by atoms with Gasteiger partial charge in [0.2, 0.25) is 0 Å². The molecule has 246 valence electrons. The molecule has 4 aromatic rings. The van der Waals surface area contributed by atoms with E-state index in [1.807, 2.05) is 44.2 Å². The number of thiazole rings is 1. The predicted molar refractivity (Wildman–Crippen MR) is 186 cm³/mol. The SMILES string of the molecule is CCOC(=O)C1=C(C)N=c2s/c(=C/c3cc(Br)c(OCc4ccccc4Cl)c(OC)c3)c(=O)n2[C@@H]1c1ccc(OC(C)C)c(OC)c1. The van der Waals surface area contributed by atoms with Gasteiger partial charge in [0, 0.05) is 10.6 Å². The van der Waals surface area contributed by atoms with Gasteiger partial charge >= 0.3 is 5.97 Å². The molecule has 3 aromatic carbocycles. The van der Waals surface area contributed by atoms with Gasteiger partial charge < -0.3 is 23.7 Å². The molecule has 0 fully saturated rings. The minimum Gasteiger partial charge on any atom is -0.493 e. The van der Waals surface area contributed by atoms with Crippen molar-refractivity contribution in [2.24, 2.45) is 4.99 Å². The molecule has 47 heavy (non-hydrogen) atoms. The topological polar surface area (TPSA) is 97.6 Å². The molecule has 0 saturated heterocycles. The van der Waals surface area contributed by atoms with Crippen molar-refractivity contribution >= 4 is 50.9 Å². The van der Waals surface area contributed by atoms with Gasteiger partial charge in [0.05, 0.1) is 53.2 Å². The Hall–Kier alpha value is -4.06. The third kappa shape index (κ3) is 7.27. The second kappa shape index (κ2) is 14.8. The highest BCUT2D eigenvalue weighted by Gasteiger charge is 2.34. The highest BCUT2D eigenvalue weighted by atomic mass is 79.9. The van der Waals surface area contributed by atoms with Crippen molar-refractivity contribution < 1.29 is 28.5 Å². The number of carbonyl (C=O) groups is 1. The lowest BCUT2D eigenvalue weighted by Gasteiger charge is -2.25. The van der Waals surface area contributed by atoms with Gasteiger partial charge in [0.15, 0.2) is 27.8 Å². The molecule has 0 bridgehead atoms. The van der Waals surface area contributed by atoms with Crippen LogP contribution in [0.5, 0.6) is 23.0 Å². The summed E-state index contributed by atoms with van der Waals surface area (Å²) < 4.78 is 31.3. The van der Waals surface area contributed by atoms with E-state index in [1.54, 1.807) is 58.4 Å². The van der Waals surface area contributed by atoms with E-state index in [2.05, 4.69) is 20.9 Å². The first-order valence-corrected chi connectivity index (χ1v) is 16.8. The zero-order valence-electron chi connectivity index (χ0n) is 26.8. The maximum Gasteiger partial charge on any atom is 0.338 e. The highest BCUT2D eigenvalue weighted by Crippen LogP contribution is 2.39. The number of benzene rings is 3. The number of methoxy groups -OCH3 is 2. The summed E-state index contributed by atoms with van der Waals surface area (Å²) in [5, 5.41) is 0.604. The number of rotatable bonds is 11. The molecule has 2 heterocycles. The first-order chi connectivity index (χ1) is 22.6. The molecule has 0 unspecified atom stereocenters. The average Bonchev–Trinajstić information content (AvgIpc) is 3.33. The van der Waals surface area contributed by atoms with Crippen molar-refractivity contribution in [2.75, 3.05) is 20.8 Å². The standard InChI is InChI=1S/C35H34BrClN2O7S/c1-7-44-34(41)30-20(4)38-35-39(31(30)22-12-13-26(46-19(2)3)27(17-22)42-5)33(40)29(47-35)16-21-14-24(36)32(28(15-21)43-6)45-18-23-10-8-9-11-25(23)37/h8-17,19,31H,7,18H2,1-6H3/b29-16+/t31-/m1/s1. The van der Waals surface area contributed by atoms with E-state index >= 15 is 0 Å². The van der Waals surface area contributed by atoms with Gasteiger partial charge in [-0.3, -0.25) is 9.36 Å². The van der Waals surface area contributed by atoms with Gasteiger partial charge in [-0.2, -0.15) is 0 Å². The molecule has 1 aromatic heterocycles. The van der Waals surface area contributed by atoms with Crippen LogP contribution in [0, 0.1) is 0 Å². The van der Waals surface area contributed by atoms with Gasteiger partial charge in [0.1, 0.15) is 6.61 Å². The number of esters is 1. The Morgan fingerprint density at radius 3 is 2.51 bits per heavy atom. The third-order valence-electron chi connectivity index (χ3n) is 7.26. The highest BCUT2D eigenvalue weighted by molar-refractivity contribution is 9.10. The van der Waals surface area contributed by atoms with Crippen LogP contribution in [0.4, 0.5) is 0 Å². The molecule has 5 rings (SSSR count). The molecular formula is C35H34BrClN2O7S. The van der Waals surface area contributed by atoms with Crippen molar-refractivity contribution in [2.45, 2.75) is 46.4 Å². The molecule has 1 aliphatic rings. The lowest BCUT2D eigenvalue weighted by molar-refractivity contribution is -0.139. The number of hydrogen-bond donors (Lipinski definition) is 0. The summed E-state index contributed by atoms with van der Waals surface area (Å²) in [6.07, 6.45) is 1.68. The fraction of sp³-hybridized carbons (Fsp3) is 0.286. The number of fused-ring (bicyclic) bond motifs is 1. The van der Waals surface area contributed by atoms with Crippen LogP contribution in [0.2, 0.25) is 5.02 Å². The van der Waals surface area contributed by atoms with Crippen molar-refractivity contribution in [1.29, 1.82) is 0 Å². The summed E-state index contributed by atoms with van der Waals surface area (Å²) >= 11 is 11.1.